The lowest BCUT2D eigenvalue weighted by molar-refractivity contribution is 0.337. The van der Waals surface area contributed by atoms with Crippen LogP contribution in [0.2, 0.25) is 0 Å². The number of aryl methyl sites for hydroxylation is 2. The van der Waals surface area contributed by atoms with Crippen LogP contribution in [0.25, 0.3) is 0 Å². The Kier molecular flexibility index (Phi) is 6.16. The van der Waals surface area contributed by atoms with Gasteiger partial charge in [0.15, 0.2) is 0 Å². The third-order valence-electron chi connectivity index (χ3n) is 4.49. The molecule has 0 radical (unpaired) electrons. The molecule has 3 rings (SSSR count). The Morgan fingerprint density at radius 1 is 1.14 bits per heavy atom. The predicted molar refractivity (Wildman–Crippen MR) is 111 cm³/mol. The second kappa shape index (κ2) is 8.77. The largest absolute Gasteiger partial charge is 0.494 e. The summed E-state index contributed by atoms with van der Waals surface area (Å²) >= 11 is 0. The minimum atomic E-state index is -0.481. The number of benzene rings is 2. The van der Waals surface area contributed by atoms with Gasteiger partial charge in [0.1, 0.15) is 11.6 Å². The van der Waals surface area contributed by atoms with E-state index < -0.39 is 5.56 Å². The van der Waals surface area contributed by atoms with Crippen molar-refractivity contribution in [2.24, 2.45) is 0 Å². The van der Waals surface area contributed by atoms with E-state index in [-0.39, 0.29) is 11.6 Å². The Morgan fingerprint density at radius 3 is 2.62 bits per heavy atom. The maximum Gasteiger partial charge on any atom is 0.316 e. The van der Waals surface area contributed by atoms with E-state index in [2.05, 4.69) is 10.3 Å². The third-order valence-corrected chi connectivity index (χ3v) is 4.49. The number of methoxy groups -OCH3 is 1. The molecule has 0 amide bonds. The number of ether oxygens (including phenoxy) is 2. The van der Waals surface area contributed by atoms with Gasteiger partial charge in [-0.2, -0.15) is 4.98 Å². The Hall–Kier alpha value is -3.35. The average molecular weight is 397 g/mol. The molecular weight excluding hydrogens is 373 g/mol. The topological polar surface area (TPSA) is 65.4 Å². The van der Waals surface area contributed by atoms with Gasteiger partial charge in [-0.1, -0.05) is 12.1 Å². The summed E-state index contributed by atoms with van der Waals surface area (Å²) in [6.45, 7) is 6.74. The van der Waals surface area contributed by atoms with E-state index in [0.29, 0.717) is 19.1 Å². The Morgan fingerprint density at radius 2 is 1.93 bits per heavy atom. The summed E-state index contributed by atoms with van der Waals surface area (Å²) in [5, 5.41) is 3.22. The van der Waals surface area contributed by atoms with E-state index >= 15 is 0 Å². The normalized spacial score (nSPS) is 10.7. The van der Waals surface area contributed by atoms with Crippen LogP contribution in [0.3, 0.4) is 0 Å². The fourth-order valence-corrected chi connectivity index (χ4v) is 3.02. The molecule has 0 unspecified atom stereocenters. The fourth-order valence-electron chi connectivity index (χ4n) is 3.02. The maximum atomic E-state index is 13.6. The van der Waals surface area contributed by atoms with E-state index in [9.17, 15) is 9.18 Å². The minimum Gasteiger partial charge on any atom is -0.494 e. The van der Waals surface area contributed by atoms with Crippen molar-refractivity contribution >= 4 is 11.6 Å². The van der Waals surface area contributed by atoms with E-state index in [1.807, 2.05) is 39.0 Å². The van der Waals surface area contributed by atoms with Crippen LogP contribution < -0.4 is 20.3 Å². The van der Waals surface area contributed by atoms with Gasteiger partial charge in [-0.15, -0.1) is 0 Å². The molecule has 152 valence electrons. The summed E-state index contributed by atoms with van der Waals surface area (Å²) in [7, 11) is 1.41. The van der Waals surface area contributed by atoms with Gasteiger partial charge in [-0.25, -0.2) is 4.39 Å². The molecule has 0 spiro atoms. The lowest BCUT2D eigenvalue weighted by atomic mass is 10.1. The van der Waals surface area contributed by atoms with Crippen molar-refractivity contribution < 1.29 is 13.9 Å². The predicted octanol–water partition coefficient (Wildman–Crippen LogP) is 4.20. The second-order valence-electron chi connectivity index (χ2n) is 6.69. The lowest BCUT2D eigenvalue weighted by Crippen LogP contribution is -2.19. The van der Waals surface area contributed by atoms with Crippen LogP contribution in [0, 0.1) is 19.7 Å². The molecule has 1 aromatic heterocycles. The monoisotopic (exact) mass is 397 g/mol. The molecular formula is C22H24FN3O3. The summed E-state index contributed by atoms with van der Waals surface area (Å²) in [5.41, 5.74) is 2.97. The van der Waals surface area contributed by atoms with Gasteiger partial charge in [-0.3, -0.25) is 4.79 Å². The zero-order valence-electron chi connectivity index (χ0n) is 17.0. The van der Waals surface area contributed by atoms with Crippen LogP contribution in [-0.4, -0.2) is 23.3 Å². The van der Waals surface area contributed by atoms with Gasteiger partial charge < -0.3 is 19.4 Å². The smallest absolute Gasteiger partial charge is 0.316 e. The molecule has 3 aromatic rings. The van der Waals surface area contributed by atoms with Crippen molar-refractivity contribution in [3.05, 3.63) is 75.5 Å². The summed E-state index contributed by atoms with van der Waals surface area (Å²) in [4.78, 5) is 16.4. The molecule has 2 aromatic carbocycles. The average Bonchev–Trinajstić information content (AvgIpc) is 2.68. The highest BCUT2D eigenvalue weighted by molar-refractivity contribution is 5.62. The zero-order chi connectivity index (χ0) is 21.0. The number of anilines is 2. The first-order valence-electron chi connectivity index (χ1n) is 9.32. The zero-order valence-corrected chi connectivity index (χ0v) is 17.0. The van der Waals surface area contributed by atoms with Crippen molar-refractivity contribution in [3.8, 4) is 11.5 Å². The summed E-state index contributed by atoms with van der Waals surface area (Å²) in [6.07, 6.45) is 1.57. The van der Waals surface area contributed by atoms with Crippen LogP contribution in [0.5, 0.6) is 11.5 Å². The summed E-state index contributed by atoms with van der Waals surface area (Å²) in [5.74, 6) is 0.949. The Balaban J connectivity index is 2.01. The van der Waals surface area contributed by atoms with Crippen molar-refractivity contribution in [1.82, 2.24) is 9.55 Å². The molecule has 7 heteroatoms. The molecule has 0 bridgehead atoms. The maximum absolute atomic E-state index is 13.6. The number of halogens is 1. The number of hydrogen-bond acceptors (Lipinski definition) is 5. The van der Waals surface area contributed by atoms with Crippen molar-refractivity contribution in [3.63, 3.8) is 0 Å². The molecule has 0 saturated carbocycles. The van der Waals surface area contributed by atoms with Crippen molar-refractivity contribution in [2.45, 2.75) is 27.3 Å². The number of rotatable bonds is 7. The molecule has 1 N–H and O–H groups in total. The van der Waals surface area contributed by atoms with Gasteiger partial charge in [0.25, 0.3) is 0 Å². The first-order chi connectivity index (χ1) is 13.9. The summed E-state index contributed by atoms with van der Waals surface area (Å²) < 4.78 is 26.1. The molecule has 29 heavy (non-hydrogen) atoms. The number of nitrogens with zero attached hydrogens (tertiary/aromatic N) is 2. The van der Waals surface area contributed by atoms with E-state index in [4.69, 9.17) is 9.47 Å². The molecule has 0 aliphatic rings. The number of hydrogen-bond donors (Lipinski definition) is 1. The van der Waals surface area contributed by atoms with Crippen LogP contribution in [0.15, 0.2) is 47.4 Å². The van der Waals surface area contributed by atoms with Crippen molar-refractivity contribution in [1.29, 1.82) is 0 Å². The first kappa shape index (κ1) is 20.4. The number of nitrogens with one attached hydrogen (secondary N) is 1. The molecule has 0 atom stereocenters. The van der Waals surface area contributed by atoms with Gasteiger partial charge >= 0.3 is 5.56 Å². The first-order valence-corrected chi connectivity index (χ1v) is 9.32. The quantitative estimate of drug-likeness (QED) is 0.647. The van der Waals surface area contributed by atoms with Crippen LogP contribution in [0.1, 0.15) is 23.6 Å². The summed E-state index contributed by atoms with van der Waals surface area (Å²) in [6, 6.07) is 10.2. The standard InChI is InChI=1S/C22H24FN3O3/c1-5-29-19-10-14(2)18(9-15(19)3)24-22-25-21(27)20(28-4)13-26(22)12-16-7-6-8-17(23)11-16/h6-11,13H,5,12H2,1-4H3,(H,24,25,27). The van der Waals surface area contributed by atoms with E-state index in [1.165, 1.54) is 19.2 Å². The van der Waals surface area contributed by atoms with Gasteiger partial charge in [0.2, 0.25) is 11.7 Å². The highest BCUT2D eigenvalue weighted by Gasteiger charge is 2.13. The van der Waals surface area contributed by atoms with Crippen LogP contribution in [-0.2, 0) is 6.54 Å². The van der Waals surface area contributed by atoms with Crippen molar-refractivity contribution in [2.75, 3.05) is 19.0 Å². The SMILES string of the molecule is CCOc1cc(C)c(Nc2nc(=O)c(OC)cn2Cc2cccc(F)c2)cc1C. The van der Waals surface area contributed by atoms with E-state index in [0.717, 1.165) is 28.1 Å². The van der Waals surface area contributed by atoms with Crippen LogP contribution >= 0.6 is 0 Å². The Bertz CT molecular complexity index is 1080. The Labute approximate surface area is 168 Å². The van der Waals surface area contributed by atoms with Crippen LogP contribution in [0.4, 0.5) is 16.0 Å². The van der Waals surface area contributed by atoms with Gasteiger partial charge in [0, 0.05) is 5.69 Å². The molecule has 0 fully saturated rings. The highest BCUT2D eigenvalue weighted by atomic mass is 19.1. The second-order valence-corrected chi connectivity index (χ2v) is 6.69. The third kappa shape index (κ3) is 4.74. The number of aromatic nitrogens is 2. The molecule has 0 aliphatic carbocycles. The fraction of sp³-hybridized carbons (Fsp3) is 0.273. The van der Waals surface area contributed by atoms with Gasteiger partial charge in [0.05, 0.1) is 26.5 Å². The highest BCUT2D eigenvalue weighted by Crippen LogP contribution is 2.28. The van der Waals surface area contributed by atoms with E-state index in [1.54, 1.807) is 16.8 Å². The molecule has 6 nitrogen and oxygen atoms in total. The molecule has 0 saturated heterocycles. The molecule has 0 aliphatic heterocycles. The minimum absolute atomic E-state index is 0.117. The molecule has 1 heterocycles. The lowest BCUT2D eigenvalue weighted by Gasteiger charge is -2.18. The van der Waals surface area contributed by atoms with Gasteiger partial charge in [-0.05, 0) is 61.7 Å².